The molecule has 1 aromatic carbocycles. The van der Waals surface area contributed by atoms with Gasteiger partial charge < -0.3 is 19.9 Å². The summed E-state index contributed by atoms with van der Waals surface area (Å²) in [6.07, 6.45) is 0. The van der Waals surface area contributed by atoms with Crippen LogP contribution in [0.5, 0.6) is 5.75 Å². The molecule has 2 rings (SSSR count). The van der Waals surface area contributed by atoms with Crippen molar-refractivity contribution in [2.45, 2.75) is 25.7 Å². The average Bonchev–Trinajstić information content (AvgIpc) is 2.33. The maximum Gasteiger partial charge on any atom is 0.296 e. The molecule has 0 saturated carbocycles. The van der Waals surface area contributed by atoms with Crippen LogP contribution in [0.15, 0.2) is 18.2 Å². The standard InChI is InChI=1S/C12H16N2O5/c1-12(2)18-6-8(7-19-12)13-10-4-3-9(15)5-11(10)14(16)17/h3-5,8,13,15H,6-7H2,1-2H3. The van der Waals surface area contributed by atoms with Crippen LogP contribution < -0.4 is 5.32 Å². The lowest BCUT2D eigenvalue weighted by molar-refractivity contribution is -0.384. The predicted molar refractivity (Wildman–Crippen MR) is 68.2 cm³/mol. The topological polar surface area (TPSA) is 93.9 Å². The molecule has 1 aliphatic heterocycles. The molecule has 1 heterocycles. The van der Waals surface area contributed by atoms with Crippen molar-refractivity contribution in [2.24, 2.45) is 0 Å². The van der Waals surface area contributed by atoms with Crippen molar-refractivity contribution < 1.29 is 19.5 Å². The van der Waals surface area contributed by atoms with E-state index in [-0.39, 0.29) is 17.5 Å². The van der Waals surface area contributed by atoms with Gasteiger partial charge >= 0.3 is 0 Å². The van der Waals surface area contributed by atoms with E-state index in [2.05, 4.69) is 5.32 Å². The molecule has 0 amide bonds. The Morgan fingerprint density at radius 3 is 2.63 bits per heavy atom. The molecule has 7 heteroatoms. The Hall–Kier alpha value is -1.86. The maximum absolute atomic E-state index is 10.9. The number of ether oxygens (including phenoxy) is 2. The van der Waals surface area contributed by atoms with Gasteiger partial charge in [-0.05, 0) is 26.0 Å². The molecule has 19 heavy (non-hydrogen) atoms. The molecular weight excluding hydrogens is 252 g/mol. The number of nitro groups is 1. The minimum atomic E-state index is -0.626. The second-order valence-electron chi connectivity index (χ2n) is 4.82. The fourth-order valence-corrected chi connectivity index (χ4v) is 1.79. The number of nitrogens with zero attached hydrogens (tertiary/aromatic N) is 1. The van der Waals surface area contributed by atoms with Gasteiger partial charge in [0.15, 0.2) is 5.79 Å². The molecule has 2 N–H and O–H groups in total. The van der Waals surface area contributed by atoms with Gasteiger partial charge in [-0.15, -0.1) is 0 Å². The van der Waals surface area contributed by atoms with Crippen LogP contribution in [0.2, 0.25) is 0 Å². The van der Waals surface area contributed by atoms with Crippen molar-refractivity contribution in [2.75, 3.05) is 18.5 Å². The molecule has 0 aromatic heterocycles. The van der Waals surface area contributed by atoms with Gasteiger partial charge in [-0.1, -0.05) is 0 Å². The highest BCUT2D eigenvalue weighted by Gasteiger charge is 2.29. The Bertz CT molecular complexity index is 479. The molecule has 1 aromatic rings. The van der Waals surface area contributed by atoms with E-state index in [0.29, 0.717) is 18.9 Å². The van der Waals surface area contributed by atoms with Crippen molar-refractivity contribution in [1.29, 1.82) is 0 Å². The molecule has 0 spiro atoms. The van der Waals surface area contributed by atoms with Crippen molar-refractivity contribution in [3.63, 3.8) is 0 Å². The largest absolute Gasteiger partial charge is 0.508 e. The summed E-state index contributed by atoms with van der Waals surface area (Å²) < 4.78 is 10.9. The number of phenolic OH excluding ortho intramolecular Hbond substituents is 1. The summed E-state index contributed by atoms with van der Waals surface area (Å²) in [5, 5.41) is 23.2. The van der Waals surface area contributed by atoms with Gasteiger partial charge in [0.25, 0.3) is 5.69 Å². The van der Waals surface area contributed by atoms with Crippen LogP contribution in [0.3, 0.4) is 0 Å². The monoisotopic (exact) mass is 268 g/mol. The molecule has 0 radical (unpaired) electrons. The van der Waals surface area contributed by atoms with Gasteiger partial charge in [-0.2, -0.15) is 0 Å². The summed E-state index contributed by atoms with van der Waals surface area (Å²) in [6.45, 7) is 4.41. The Labute approximate surface area is 110 Å². The van der Waals surface area contributed by atoms with Gasteiger partial charge in [0.05, 0.1) is 30.2 Å². The maximum atomic E-state index is 10.9. The number of hydrogen-bond donors (Lipinski definition) is 2. The summed E-state index contributed by atoms with van der Waals surface area (Å²) in [5.74, 6) is -0.770. The molecule has 1 aliphatic rings. The summed E-state index contributed by atoms with van der Waals surface area (Å²) in [5.41, 5.74) is 0.157. The highest BCUT2D eigenvalue weighted by molar-refractivity contribution is 5.64. The van der Waals surface area contributed by atoms with E-state index >= 15 is 0 Å². The van der Waals surface area contributed by atoms with Gasteiger partial charge in [0.1, 0.15) is 11.4 Å². The van der Waals surface area contributed by atoms with E-state index in [1.54, 1.807) is 0 Å². The lowest BCUT2D eigenvalue weighted by Crippen LogP contribution is -2.45. The predicted octanol–water partition coefficient (Wildman–Crippen LogP) is 1.86. The fourth-order valence-electron chi connectivity index (χ4n) is 1.79. The summed E-state index contributed by atoms with van der Waals surface area (Å²) >= 11 is 0. The van der Waals surface area contributed by atoms with Crippen molar-refractivity contribution in [3.05, 3.63) is 28.3 Å². The van der Waals surface area contributed by atoms with Crippen LogP contribution in [-0.4, -0.2) is 35.1 Å². The van der Waals surface area contributed by atoms with Crippen molar-refractivity contribution in [3.8, 4) is 5.75 Å². The molecule has 0 aliphatic carbocycles. The molecule has 104 valence electrons. The second kappa shape index (κ2) is 5.02. The first-order valence-electron chi connectivity index (χ1n) is 5.89. The highest BCUT2D eigenvalue weighted by atomic mass is 16.7. The fraction of sp³-hybridized carbons (Fsp3) is 0.500. The number of nitrogens with one attached hydrogen (secondary N) is 1. The zero-order valence-electron chi connectivity index (χ0n) is 10.8. The van der Waals surface area contributed by atoms with Gasteiger partial charge in [0.2, 0.25) is 0 Å². The molecule has 7 nitrogen and oxygen atoms in total. The highest BCUT2D eigenvalue weighted by Crippen LogP contribution is 2.29. The van der Waals surface area contributed by atoms with Crippen LogP contribution in [0.25, 0.3) is 0 Å². The second-order valence-corrected chi connectivity index (χ2v) is 4.82. The van der Waals surface area contributed by atoms with E-state index in [0.717, 1.165) is 6.07 Å². The average molecular weight is 268 g/mol. The first-order chi connectivity index (χ1) is 8.87. The normalized spacial score (nSPS) is 19.1. The van der Waals surface area contributed by atoms with Crippen LogP contribution in [0, 0.1) is 10.1 Å². The van der Waals surface area contributed by atoms with Gasteiger partial charge in [-0.3, -0.25) is 10.1 Å². The van der Waals surface area contributed by atoms with Crippen LogP contribution in [0.1, 0.15) is 13.8 Å². The third-order valence-corrected chi connectivity index (χ3v) is 2.80. The van der Waals surface area contributed by atoms with E-state index < -0.39 is 10.7 Å². The number of hydrogen-bond acceptors (Lipinski definition) is 6. The zero-order chi connectivity index (χ0) is 14.0. The van der Waals surface area contributed by atoms with Crippen LogP contribution in [0.4, 0.5) is 11.4 Å². The Kier molecular flexibility index (Phi) is 3.59. The third-order valence-electron chi connectivity index (χ3n) is 2.80. The SMILES string of the molecule is CC1(C)OCC(Nc2ccc(O)cc2[N+](=O)[O-])CO1. The summed E-state index contributed by atoms with van der Waals surface area (Å²) in [7, 11) is 0. The van der Waals surface area contributed by atoms with Gasteiger partial charge in [-0.25, -0.2) is 0 Å². The molecule has 1 fully saturated rings. The number of anilines is 1. The van der Waals surface area contributed by atoms with E-state index in [1.807, 2.05) is 13.8 Å². The first-order valence-corrected chi connectivity index (χ1v) is 5.89. The Morgan fingerprint density at radius 2 is 2.05 bits per heavy atom. The number of aromatic hydroxyl groups is 1. The molecule has 1 saturated heterocycles. The lowest BCUT2D eigenvalue weighted by atomic mass is 10.2. The molecule has 0 unspecified atom stereocenters. The third kappa shape index (κ3) is 3.33. The van der Waals surface area contributed by atoms with Crippen LogP contribution >= 0.6 is 0 Å². The minimum absolute atomic E-state index is 0.144. The Morgan fingerprint density at radius 1 is 1.42 bits per heavy atom. The summed E-state index contributed by atoms with van der Waals surface area (Å²) in [4.78, 5) is 10.4. The van der Waals surface area contributed by atoms with Crippen molar-refractivity contribution >= 4 is 11.4 Å². The lowest BCUT2D eigenvalue weighted by Gasteiger charge is -2.35. The zero-order valence-corrected chi connectivity index (χ0v) is 10.8. The number of nitro benzene ring substituents is 1. The Balaban J connectivity index is 2.10. The van der Waals surface area contributed by atoms with E-state index in [4.69, 9.17) is 9.47 Å². The first kappa shape index (κ1) is 13.6. The van der Waals surface area contributed by atoms with Crippen molar-refractivity contribution in [1.82, 2.24) is 0 Å². The van der Waals surface area contributed by atoms with E-state index in [1.165, 1.54) is 12.1 Å². The molecule has 0 bridgehead atoms. The van der Waals surface area contributed by atoms with Crippen LogP contribution in [-0.2, 0) is 9.47 Å². The number of benzene rings is 1. The smallest absolute Gasteiger partial charge is 0.296 e. The number of rotatable bonds is 3. The molecule has 0 atom stereocenters. The van der Waals surface area contributed by atoms with E-state index in [9.17, 15) is 15.2 Å². The summed E-state index contributed by atoms with van der Waals surface area (Å²) in [6, 6.07) is 3.80. The molecular formula is C12H16N2O5. The minimum Gasteiger partial charge on any atom is -0.508 e. The number of phenols is 1. The van der Waals surface area contributed by atoms with Gasteiger partial charge in [0, 0.05) is 0 Å². The quantitative estimate of drug-likeness (QED) is 0.493.